The Kier molecular flexibility index (Phi) is 5.91. The van der Waals surface area contributed by atoms with Crippen molar-refractivity contribution >= 4 is 0 Å². The van der Waals surface area contributed by atoms with Gasteiger partial charge in [-0.1, -0.05) is 12.1 Å². The first-order valence-electron chi connectivity index (χ1n) is 7.15. The van der Waals surface area contributed by atoms with E-state index in [1.807, 2.05) is 6.07 Å². The Balaban J connectivity index is 1.86. The molecule has 20 heavy (non-hydrogen) atoms. The van der Waals surface area contributed by atoms with E-state index < -0.39 is 0 Å². The lowest BCUT2D eigenvalue weighted by Gasteiger charge is -2.32. The van der Waals surface area contributed by atoms with Crippen LogP contribution in [-0.2, 0) is 17.8 Å². The van der Waals surface area contributed by atoms with Crippen LogP contribution in [0.5, 0.6) is 0 Å². The molecule has 2 rings (SSSR count). The van der Waals surface area contributed by atoms with Gasteiger partial charge in [-0.2, -0.15) is 0 Å². The molecule has 0 radical (unpaired) electrons. The maximum atomic E-state index is 13.8. The van der Waals surface area contributed by atoms with E-state index in [1.165, 1.54) is 6.07 Å². The Labute approximate surface area is 119 Å². The van der Waals surface area contributed by atoms with Gasteiger partial charge in [0, 0.05) is 31.7 Å². The van der Waals surface area contributed by atoms with E-state index in [-0.39, 0.29) is 18.5 Å². The Hall–Kier alpha value is -1.01. The van der Waals surface area contributed by atoms with Gasteiger partial charge < -0.3 is 15.6 Å². The lowest BCUT2D eigenvalue weighted by Crippen LogP contribution is -2.37. The van der Waals surface area contributed by atoms with Crippen LogP contribution in [0.3, 0.4) is 0 Å². The van der Waals surface area contributed by atoms with Crippen molar-refractivity contribution in [1.82, 2.24) is 4.90 Å². The third kappa shape index (κ3) is 4.24. The van der Waals surface area contributed by atoms with Gasteiger partial charge in [-0.25, -0.2) is 4.39 Å². The van der Waals surface area contributed by atoms with Crippen molar-refractivity contribution in [3.63, 3.8) is 0 Å². The molecular formula is C15H23FN2O2. The highest BCUT2D eigenvalue weighted by Gasteiger charge is 2.20. The molecule has 0 bridgehead atoms. The molecule has 5 heteroatoms. The molecule has 3 N–H and O–H groups in total. The fraction of sp³-hybridized carbons (Fsp3) is 0.600. The first-order chi connectivity index (χ1) is 9.72. The van der Waals surface area contributed by atoms with Crippen molar-refractivity contribution in [1.29, 1.82) is 0 Å². The zero-order chi connectivity index (χ0) is 14.4. The lowest BCUT2D eigenvalue weighted by atomic mass is 10.1. The zero-order valence-electron chi connectivity index (χ0n) is 11.7. The summed E-state index contributed by atoms with van der Waals surface area (Å²) in [5, 5.41) is 8.74. The fourth-order valence-corrected chi connectivity index (χ4v) is 2.57. The Bertz CT molecular complexity index is 420. The van der Waals surface area contributed by atoms with E-state index >= 15 is 0 Å². The number of benzene rings is 1. The quantitative estimate of drug-likeness (QED) is 0.824. The normalized spacial score (nSPS) is 17.6. The number of rotatable bonds is 6. The second kappa shape index (κ2) is 7.69. The summed E-state index contributed by atoms with van der Waals surface area (Å²) < 4.78 is 19.3. The highest BCUT2D eigenvalue weighted by Crippen LogP contribution is 2.18. The minimum Gasteiger partial charge on any atom is -0.394 e. The maximum absolute atomic E-state index is 13.8. The topological polar surface area (TPSA) is 58.7 Å². The maximum Gasteiger partial charge on any atom is 0.127 e. The molecule has 1 saturated heterocycles. The monoisotopic (exact) mass is 282 g/mol. The lowest BCUT2D eigenvalue weighted by molar-refractivity contribution is -0.00915. The van der Waals surface area contributed by atoms with Crippen LogP contribution < -0.4 is 5.73 Å². The highest BCUT2D eigenvalue weighted by molar-refractivity contribution is 5.25. The van der Waals surface area contributed by atoms with Gasteiger partial charge in [0.05, 0.1) is 19.3 Å². The Morgan fingerprint density at radius 1 is 1.35 bits per heavy atom. The Morgan fingerprint density at radius 2 is 2.10 bits per heavy atom. The van der Waals surface area contributed by atoms with Crippen molar-refractivity contribution in [2.24, 2.45) is 5.73 Å². The van der Waals surface area contributed by atoms with Gasteiger partial charge in [0.2, 0.25) is 0 Å². The van der Waals surface area contributed by atoms with Crippen LogP contribution in [0.4, 0.5) is 4.39 Å². The third-order valence-electron chi connectivity index (χ3n) is 3.72. The molecule has 1 fully saturated rings. The summed E-state index contributed by atoms with van der Waals surface area (Å²) in [5.74, 6) is -0.166. The number of aliphatic hydroxyl groups excluding tert-OH is 1. The predicted molar refractivity (Wildman–Crippen MR) is 75.6 cm³/mol. The summed E-state index contributed by atoms with van der Waals surface area (Å²) in [6.07, 6.45) is 2.08. The standard InChI is InChI=1S/C15H23FN2O2/c16-15-2-1-12(10-17)9-13(15)11-18-5-3-14(4-6-18)20-8-7-19/h1-2,9,14,19H,3-8,10-11,17H2. The molecule has 1 aromatic rings. The van der Waals surface area contributed by atoms with Gasteiger partial charge in [-0.15, -0.1) is 0 Å². The van der Waals surface area contributed by atoms with E-state index in [0.717, 1.165) is 31.5 Å². The predicted octanol–water partition coefficient (Wildman–Crippen LogP) is 1.26. The zero-order valence-corrected chi connectivity index (χ0v) is 11.7. The molecule has 0 spiro atoms. The second-order valence-electron chi connectivity index (χ2n) is 5.20. The molecule has 4 nitrogen and oxygen atoms in total. The summed E-state index contributed by atoms with van der Waals surface area (Å²) in [5.41, 5.74) is 7.27. The molecule has 112 valence electrons. The van der Waals surface area contributed by atoms with Crippen molar-refractivity contribution in [2.75, 3.05) is 26.3 Å². The van der Waals surface area contributed by atoms with Crippen LogP contribution in [0.25, 0.3) is 0 Å². The molecule has 0 saturated carbocycles. The van der Waals surface area contributed by atoms with Gasteiger partial charge >= 0.3 is 0 Å². The van der Waals surface area contributed by atoms with Gasteiger partial charge in [-0.3, -0.25) is 4.90 Å². The van der Waals surface area contributed by atoms with Crippen molar-refractivity contribution in [3.8, 4) is 0 Å². The number of hydrogen-bond acceptors (Lipinski definition) is 4. The average Bonchev–Trinajstić information content (AvgIpc) is 2.49. The average molecular weight is 282 g/mol. The van der Waals surface area contributed by atoms with Gasteiger partial charge in [-0.05, 0) is 24.5 Å². The molecule has 1 aromatic carbocycles. The minimum absolute atomic E-state index is 0.0668. The molecular weight excluding hydrogens is 259 g/mol. The number of aliphatic hydroxyl groups is 1. The fourth-order valence-electron chi connectivity index (χ4n) is 2.57. The van der Waals surface area contributed by atoms with Crippen LogP contribution >= 0.6 is 0 Å². The van der Waals surface area contributed by atoms with Crippen molar-refractivity contribution in [3.05, 3.63) is 35.1 Å². The number of nitrogens with two attached hydrogens (primary N) is 1. The summed E-state index contributed by atoms with van der Waals surface area (Å²) in [6, 6.07) is 5.08. The first kappa shape index (κ1) is 15.4. The molecule has 0 unspecified atom stereocenters. The minimum atomic E-state index is -0.166. The van der Waals surface area contributed by atoms with E-state index in [0.29, 0.717) is 25.3 Å². The van der Waals surface area contributed by atoms with Gasteiger partial charge in [0.15, 0.2) is 0 Å². The molecule has 0 aromatic heterocycles. The van der Waals surface area contributed by atoms with Crippen molar-refractivity contribution < 1.29 is 14.2 Å². The highest BCUT2D eigenvalue weighted by atomic mass is 19.1. The molecule has 1 heterocycles. The largest absolute Gasteiger partial charge is 0.394 e. The smallest absolute Gasteiger partial charge is 0.127 e. The van der Waals surface area contributed by atoms with E-state index in [9.17, 15) is 4.39 Å². The summed E-state index contributed by atoms with van der Waals surface area (Å²) >= 11 is 0. The summed E-state index contributed by atoms with van der Waals surface area (Å²) in [7, 11) is 0. The second-order valence-corrected chi connectivity index (χ2v) is 5.20. The Morgan fingerprint density at radius 3 is 2.75 bits per heavy atom. The van der Waals surface area contributed by atoms with E-state index in [2.05, 4.69) is 4.90 Å². The van der Waals surface area contributed by atoms with Crippen LogP contribution in [0, 0.1) is 5.82 Å². The van der Waals surface area contributed by atoms with Crippen LogP contribution in [-0.4, -0.2) is 42.4 Å². The first-order valence-corrected chi connectivity index (χ1v) is 7.15. The van der Waals surface area contributed by atoms with Crippen LogP contribution in [0.1, 0.15) is 24.0 Å². The van der Waals surface area contributed by atoms with Crippen molar-refractivity contribution in [2.45, 2.75) is 32.0 Å². The number of hydrogen-bond donors (Lipinski definition) is 2. The molecule has 0 amide bonds. The molecule has 0 aliphatic carbocycles. The molecule has 1 aliphatic rings. The van der Waals surface area contributed by atoms with Gasteiger partial charge in [0.1, 0.15) is 5.82 Å². The number of halogens is 1. The van der Waals surface area contributed by atoms with E-state index in [1.54, 1.807) is 6.07 Å². The number of nitrogens with zero attached hydrogens (tertiary/aromatic N) is 1. The summed E-state index contributed by atoms with van der Waals surface area (Å²) in [6.45, 7) is 3.30. The molecule has 0 atom stereocenters. The summed E-state index contributed by atoms with van der Waals surface area (Å²) in [4.78, 5) is 2.23. The number of ether oxygens (including phenoxy) is 1. The number of piperidine rings is 1. The van der Waals surface area contributed by atoms with Crippen LogP contribution in [0.15, 0.2) is 18.2 Å². The van der Waals surface area contributed by atoms with Crippen LogP contribution in [0.2, 0.25) is 0 Å². The third-order valence-corrected chi connectivity index (χ3v) is 3.72. The van der Waals surface area contributed by atoms with Gasteiger partial charge in [0.25, 0.3) is 0 Å². The van der Waals surface area contributed by atoms with E-state index in [4.69, 9.17) is 15.6 Å². The SMILES string of the molecule is NCc1ccc(F)c(CN2CCC(OCCO)CC2)c1. The molecule has 1 aliphatic heterocycles. The number of likely N-dealkylation sites (tertiary alicyclic amines) is 1.